The van der Waals surface area contributed by atoms with Crippen LogP contribution in [-0.4, -0.2) is 58.6 Å². The Bertz CT molecular complexity index is 931. The van der Waals surface area contributed by atoms with Crippen molar-refractivity contribution in [1.82, 2.24) is 4.90 Å². The van der Waals surface area contributed by atoms with E-state index in [1.165, 1.54) is 5.56 Å². The first-order valence-electron chi connectivity index (χ1n) is 14.4. The topological polar surface area (TPSA) is 91.4 Å². The Labute approximate surface area is 233 Å². The second-order valence-corrected chi connectivity index (χ2v) is 12.9. The van der Waals surface area contributed by atoms with E-state index in [0.29, 0.717) is 6.42 Å². The number of nitrogens with zero attached hydrogens (tertiary/aromatic N) is 1. The second-order valence-electron chi connectivity index (χ2n) is 12.9. The lowest BCUT2D eigenvalue weighted by atomic mass is 9.86. The minimum Gasteiger partial charge on any atom is -0.458 e. The normalized spacial score (nSPS) is 25.2. The van der Waals surface area contributed by atoms with Crippen molar-refractivity contribution in [3.63, 3.8) is 0 Å². The van der Waals surface area contributed by atoms with Gasteiger partial charge in [-0.2, -0.15) is 4.90 Å². The molecule has 1 saturated carbocycles. The van der Waals surface area contributed by atoms with Gasteiger partial charge in [0.15, 0.2) is 0 Å². The minimum atomic E-state index is -1.17. The molecular weight excluding hydrogens is 498 g/mol. The van der Waals surface area contributed by atoms with Gasteiger partial charge in [0.25, 0.3) is 0 Å². The third kappa shape index (κ3) is 9.52. The minimum absolute atomic E-state index is 0.103. The molecule has 1 aromatic carbocycles. The van der Waals surface area contributed by atoms with Crippen molar-refractivity contribution in [2.75, 3.05) is 0 Å². The maximum Gasteiger partial charge on any atom is 0.420 e. The van der Waals surface area contributed by atoms with Crippen molar-refractivity contribution in [2.24, 2.45) is 5.92 Å². The van der Waals surface area contributed by atoms with Crippen molar-refractivity contribution >= 4 is 18.2 Å². The standard InChI is InChI=1S/C31H47NO7/c1-21-26(37-24-17-11-12-18-24)23(20-22-14-9-8-10-15-22)16-13-19-25(27(33)36-21)32(28(34)38-30(2,3)4)29(35)39-31(5,6)7/h8-10,14-15,21,23-26H,11-13,16-20H2,1-7H3. The summed E-state index contributed by atoms with van der Waals surface area (Å²) in [6, 6.07) is 9.08. The molecule has 8 nitrogen and oxygen atoms in total. The van der Waals surface area contributed by atoms with Gasteiger partial charge in [-0.1, -0.05) is 49.6 Å². The summed E-state index contributed by atoms with van der Waals surface area (Å²) in [5.41, 5.74) is -0.539. The third-order valence-electron chi connectivity index (χ3n) is 7.04. The summed E-state index contributed by atoms with van der Waals surface area (Å²) in [5.74, 6) is -0.550. The number of cyclic esters (lactones) is 1. The lowest BCUT2D eigenvalue weighted by Gasteiger charge is -2.34. The molecule has 0 radical (unpaired) electrons. The molecule has 218 valence electrons. The van der Waals surface area contributed by atoms with Crippen LogP contribution in [0.1, 0.15) is 99.0 Å². The van der Waals surface area contributed by atoms with Crippen LogP contribution in [0.2, 0.25) is 0 Å². The first kappa shape index (κ1) is 30.9. The van der Waals surface area contributed by atoms with E-state index in [1.54, 1.807) is 41.5 Å². The molecule has 1 aliphatic heterocycles. The van der Waals surface area contributed by atoms with E-state index in [4.69, 9.17) is 18.9 Å². The highest BCUT2D eigenvalue weighted by Gasteiger charge is 2.44. The van der Waals surface area contributed by atoms with Crippen molar-refractivity contribution in [3.05, 3.63) is 35.9 Å². The number of ether oxygens (including phenoxy) is 4. The fourth-order valence-corrected chi connectivity index (χ4v) is 5.36. The Morgan fingerprint density at radius 2 is 1.44 bits per heavy atom. The molecular formula is C31H47NO7. The fourth-order valence-electron chi connectivity index (χ4n) is 5.36. The maximum absolute atomic E-state index is 13.6. The summed E-state index contributed by atoms with van der Waals surface area (Å²) in [5, 5.41) is 0. The second kappa shape index (κ2) is 13.2. The molecule has 4 unspecified atom stereocenters. The van der Waals surface area contributed by atoms with Gasteiger partial charge < -0.3 is 18.9 Å². The van der Waals surface area contributed by atoms with Crippen LogP contribution in [0.25, 0.3) is 0 Å². The van der Waals surface area contributed by atoms with Crippen molar-refractivity contribution in [1.29, 1.82) is 0 Å². The summed E-state index contributed by atoms with van der Waals surface area (Å²) >= 11 is 0. The number of imide groups is 1. The Morgan fingerprint density at radius 3 is 1.97 bits per heavy atom. The molecule has 2 aliphatic rings. The quantitative estimate of drug-likeness (QED) is 0.296. The molecule has 8 heteroatoms. The van der Waals surface area contributed by atoms with Crippen molar-refractivity contribution in [2.45, 2.75) is 135 Å². The Hall–Kier alpha value is -2.61. The molecule has 1 saturated heterocycles. The summed E-state index contributed by atoms with van der Waals surface area (Å²) in [4.78, 5) is 41.0. The number of amides is 2. The average molecular weight is 546 g/mol. The van der Waals surface area contributed by atoms with Crippen LogP contribution < -0.4 is 0 Å². The van der Waals surface area contributed by atoms with Crippen LogP contribution in [-0.2, 0) is 30.2 Å². The zero-order valence-corrected chi connectivity index (χ0v) is 24.7. The number of hydrogen-bond donors (Lipinski definition) is 0. The zero-order chi connectivity index (χ0) is 28.8. The van der Waals surface area contributed by atoms with Gasteiger partial charge in [0.1, 0.15) is 23.3 Å². The molecule has 2 fully saturated rings. The van der Waals surface area contributed by atoms with E-state index in [9.17, 15) is 14.4 Å². The van der Waals surface area contributed by atoms with Gasteiger partial charge in [-0.25, -0.2) is 14.4 Å². The molecule has 1 aromatic rings. The van der Waals surface area contributed by atoms with Gasteiger partial charge in [-0.05, 0) is 92.1 Å². The molecule has 2 amide bonds. The molecule has 4 atom stereocenters. The molecule has 39 heavy (non-hydrogen) atoms. The highest BCUT2D eigenvalue weighted by atomic mass is 16.6. The van der Waals surface area contributed by atoms with Crippen LogP contribution >= 0.6 is 0 Å². The number of carbonyl (C=O) groups excluding carboxylic acids is 3. The predicted molar refractivity (Wildman–Crippen MR) is 148 cm³/mol. The SMILES string of the molecule is CC1OC(=O)C(N(C(=O)OC(C)(C)C)C(=O)OC(C)(C)C)CCCC(Cc2ccccc2)C1OC1CCCC1. The van der Waals surface area contributed by atoms with Crippen molar-refractivity contribution < 1.29 is 33.3 Å². The van der Waals surface area contributed by atoms with E-state index in [1.807, 2.05) is 25.1 Å². The van der Waals surface area contributed by atoms with Crippen LogP contribution in [0.5, 0.6) is 0 Å². The van der Waals surface area contributed by atoms with E-state index >= 15 is 0 Å². The predicted octanol–water partition coefficient (Wildman–Crippen LogP) is 6.83. The highest BCUT2D eigenvalue weighted by molar-refractivity contribution is 5.94. The van der Waals surface area contributed by atoms with Crippen LogP contribution in [0.15, 0.2) is 30.3 Å². The molecule has 1 aliphatic carbocycles. The molecule has 0 N–H and O–H groups in total. The van der Waals surface area contributed by atoms with E-state index in [2.05, 4.69) is 12.1 Å². The molecule has 3 rings (SSSR count). The summed E-state index contributed by atoms with van der Waals surface area (Å²) in [7, 11) is 0. The first-order chi connectivity index (χ1) is 18.2. The van der Waals surface area contributed by atoms with Crippen LogP contribution in [0.3, 0.4) is 0 Å². The van der Waals surface area contributed by atoms with Crippen molar-refractivity contribution in [3.8, 4) is 0 Å². The first-order valence-corrected chi connectivity index (χ1v) is 14.4. The van der Waals surface area contributed by atoms with Crippen LogP contribution in [0, 0.1) is 5.92 Å². The fraction of sp³-hybridized carbons (Fsp3) is 0.710. The van der Waals surface area contributed by atoms with Gasteiger partial charge in [0.05, 0.1) is 12.2 Å². The largest absolute Gasteiger partial charge is 0.458 e. The maximum atomic E-state index is 13.6. The summed E-state index contributed by atoms with van der Waals surface area (Å²) < 4.78 is 23.7. The van der Waals surface area contributed by atoms with E-state index < -0.39 is 41.5 Å². The number of benzene rings is 1. The average Bonchev–Trinajstić information content (AvgIpc) is 3.33. The van der Waals surface area contributed by atoms with Gasteiger partial charge in [-0.15, -0.1) is 0 Å². The van der Waals surface area contributed by atoms with Gasteiger partial charge in [0, 0.05) is 0 Å². The molecule has 1 heterocycles. The number of esters is 1. The van der Waals surface area contributed by atoms with Crippen LogP contribution in [0.4, 0.5) is 9.59 Å². The highest BCUT2D eigenvalue weighted by Crippen LogP contribution is 2.33. The van der Waals surface area contributed by atoms with E-state index in [-0.39, 0.29) is 24.5 Å². The zero-order valence-electron chi connectivity index (χ0n) is 24.7. The Morgan fingerprint density at radius 1 is 0.872 bits per heavy atom. The number of carbonyl (C=O) groups is 3. The smallest absolute Gasteiger partial charge is 0.420 e. The number of rotatable bonds is 5. The summed E-state index contributed by atoms with van der Waals surface area (Å²) in [6.07, 6.45) is 4.08. The Balaban J connectivity index is 1.90. The summed E-state index contributed by atoms with van der Waals surface area (Å²) in [6.45, 7) is 12.1. The lowest BCUT2D eigenvalue weighted by Crippen LogP contribution is -2.53. The van der Waals surface area contributed by atoms with E-state index in [0.717, 1.165) is 43.4 Å². The van der Waals surface area contributed by atoms with Gasteiger partial charge in [0.2, 0.25) is 0 Å². The monoisotopic (exact) mass is 545 g/mol. The number of hydrogen-bond acceptors (Lipinski definition) is 7. The molecule has 0 bridgehead atoms. The lowest BCUT2D eigenvalue weighted by molar-refractivity contribution is -0.168. The third-order valence-corrected chi connectivity index (χ3v) is 7.04. The Kier molecular flexibility index (Phi) is 10.4. The van der Waals surface area contributed by atoms with Gasteiger partial charge >= 0.3 is 18.2 Å². The molecule has 0 aromatic heterocycles. The molecule has 0 spiro atoms. The van der Waals surface area contributed by atoms with Gasteiger partial charge in [-0.3, -0.25) is 0 Å².